The number of esters is 1. The van der Waals surface area contributed by atoms with Gasteiger partial charge in [0.05, 0.1) is 35.1 Å². The summed E-state index contributed by atoms with van der Waals surface area (Å²) >= 11 is 1.51. The molecular formula is C37H30N4O4S. The maximum atomic E-state index is 13.4. The number of methoxy groups -OCH3 is 1. The fourth-order valence-corrected chi connectivity index (χ4v) is 6.57. The number of benzene rings is 4. The van der Waals surface area contributed by atoms with Gasteiger partial charge in [-0.3, -0.25) is 9.59 Å². The highest BCUT2D eigenvalue weighted by atomic mass is 32.1. The van der Waals surface area contributed by atoms with E-state index in [0.29, 0.717) is 17.1 Å². The second-order valence-corrected chi connectivity index (χ2v) is 11.9. The number of nitrogens with zero attached hydrogens (tertiary/aromatic N) is 4. The molecule has 0 atom stereocenters. The smallest absolute Gasteiger partial charge is 0.310 e. The molecule has 0 spiro atoms. The molecule has 1 aliphatic rings. The van der Waals surface area contributed by atoms with E-state index in [1.54, 1.807) is 12.0 Å². The molecule has 1 amide bonds. The summed E-state index contributed by atoms with van der Waals surface area (Å²) in [6.45, 7) is 0.245. The SMILES string of the molecule is COc1ccc(-c2nn(-c3ccccc3)cc2C=C(CC(=O)OCC(=O)N2CCc3ccccc32)c2nc3ccccc3s2)cc1. The van der Waals surface area contributed by atoms with Crippen LogP contribution in [0.5, 0.6) is 5.75 Å². The van der Waals surface area contributed by atoms with Crippen LogP contribution in [0.2, 0.25) is 0 Å². The number of amides is 1. The second-order valence-electron chi connectivity index (χ2n) is 10.9. The molecule has 0 bridgehead atoms. The van der Waals surface area contributed by atoms with Crippen LogP contribution in [0.4, 0.5) is 5.69 Å². The fraction of sp³-hybridized carbons (Fsp3) is 0.135. The Hall–Kier alpha value is -5.54. The molecule has 0 aliphatic carbocycles. The molecule has 4 aromatic carbocycles. The lowest BCUT2D eigenvalue weighted by Gasteiger charge is -2.17. The molecule has 9 heteroatoms. The van der Waals surface area contributed by atoms with Gasteiger partial charge in [-0.05, 0) is 78.2 Å². The van der Waals surface area contributed by atoms with Crippen molar-refractivity contribution in [2.75, 3.05) is 25.2 Å². The van der Waals surface area contributed by atoms with Crippen molar-refractivity contribution in [2.45, 2.75) is 12.8 Å². The zero-order valence-electron chi connectivity index (χ0n) is 25.1. The Kier molecular flexibility index (Phi) is 8.14. The molecule has 0 fully saturated rings. The number of rotatable bonds is 9. The van der Waals surface area contributed by atoms with Gasteiger partial charge in [0.25, 0.3) is 5.91 Å². The van der Waals surface area contributed by atoms with Gasteiger partial charge in [0.2, 0.25) is 0 Å². The molecule has 2 aromatic heterocycles. The third-order valence-electron chi connectivity index (χ3n) is 7.90. The molecule has 228 valence electrons. The highest BCUT2D eigenvalue weighted by Crippen LogP contribution is 2.34. The number of para-hydroxylation sites is 3. The average Bonchev–Trinajstić information content (AvgIpc) is 3.84. The highest BCUT2D eigenvalue weighted by molar-refractivity contribution is 7.19. The summed E-state index contributed by atoms with van der Waals surface area (Å²) in [4.78, 5) is 33.0. The van der Waals surface area contributed by atoms with E-state index >= 15 is 0 Å². The molecule has 46 heavy (non-hydrogen) atoms. The monoisotopic (exact) mass is 626 g/mol. The van der Waals surface area contributed by atoms with Crippen molar-refractivity contribution in [1.82, 2.24) is 14.8 Å². The Morgan fingerprint density at radius 3 is 2.48 bits per heavy atom. The van der Waals surface area contributed by atoms with E-state index in [9.17, 15) is 9.59 Å². The summed E-state index contributed by atoms with van der Waals surface area (Å²) in [5.41, 5.74) is 6.85. The third-order valence-corrected chi connectivity index (χ3v) is 9.02. The van der Waals surface area contributed by atoms with Gasteiger partial charge in [0.15, 0.2) is 6.61 Å². The lowest BCUT2D eigenvalue weighted by atomic mass is 10.0. The maximum Gasteiger partial charge on any atom is 0.310 e. The standard InChI is InChI=1S/C37H30N4O4S/c1-44-30-17-15-26(16-18-30)36-28(23-41(39-36)29-10-3-2-4-11-29)21-27(37-38-31-12-6-8-14-33(31)46-37)22-35(43)45-24-34(42)40-20-19-25-9-5-7-13-32(25)40/h2-18,21,23H,19-20,22,24H2,1H3. The molecular weight excluding hydrogens is 596 g/mol. The van der Waals surface area contributed by atoms with Crippen LogP contribution in [0.25, 0.3) is 38.8 Å². The van der Waals surface area contributed by atoms with Crippen LogP contribution in [0.3, 0.4) is 0 Å². The van der Waals surface area contributed by atoms with Gasteiger partial charge in [-0.1, -0.05) is 48.5 Å². The van der Waals surface area contributed by atoms with E-state index < -0.39 is 5.97 Å². The Balaban J connectivity index is 1.22. The number of ether oxygens (including phenoxy) is 2. The number of carbonyl (C=O) groups excluding carboxylic acids is 2. The van der Waals surface area contributed by atoms with Crippen LogP contribution in [-0.2, 0) is 20.7 Å². The van der Waals surface area contributed by atoms with Gasteiger partial charge in [0.1, 0.15) is 10.8 Å². The van der Waals surface area contributed by atoms with E-state index in [0.717, 1.165) is 56.1 Å². The van der Waals surface area contributed by atoms with Crippen LogP contribution in [0.1, 0.15) is 22.6 Å². The van der Waals surface area contributed by atoms with Crippen molar-refractivity contribution in [3.05, 3.63) is 125 Å². The molecule has 0 saturated heterocycles. The lowest BCUT2D eigenvalue weighted by Crippen LogP contribution is -2.33. The highest BCUT2D eigenvalue weighted by Gasteiger charge is 2.25. The van der Waals surface area contributed by atoms with Crippen LogP contribution >= 0.6 is 11.3 Å². The minimum atomic E-state index is -0.507. The van der Waals surface area contributed by atoms with Crippen LogP contribution in [0.15, 0.2) is 109 Å². The average molecular weight is 627 g/mol. The van der Waals surface area contributed by atoms with E-state index in [-0.39, 0.29) is 18.9 Å². The van der Waals surface area contributed by atoms with Crippen LogP contribution in [0, 0.1) is 0 Å². The molecule has 1 aliphatic heterocycles. The molecule has 0 unspecified atom stereocenters. The van der Waals surface area contributed by atoms with Crippen LogP contribution < -0.4 is 9.64 Å². The van der Waals surface area contributed by atoms with Crippen molar-refractivity contribution >= 4 is 50.8 Å². The van der Waals surface area contributed by atoms with Crippen molar-refractivity contribution in [1.29, 1.82) is 0 Å². The summed E-state index contributed by atoms with van der Waals surface area (Å²) in [6, 6.07) is 33.3. The van der Waals surface area contributed by atoms with Gasteiger partial charge in [0, 0.05) is 29.6 Å². The molecule has 0 radical (unpaired) electrons. The largest absolute Gasteiger partial charge is 0.497 e. The van der Waals surface area contributed by atoms with Gasteiger partial charge in [-0.2, -0.15) is 5.10 Å². The first-order valence-electron chi connectivity index (χ1n) is 15.0. The number of hydrogen-bond acceptors (Lipinski definition) is 7. The van der Waals surface area contributed by atoms with Crippen LogP contribution in [-0.4, -0.2) is 46.9 Å². The quantitative estimate of drug-likeness (QED) is 0.158. The number of anilines is 1. The first-order valence-corrected chi connectivity index (χ1v) is 15.8. The van der Waals surface area contributed by atoms with E-state index in [2.05, 4.69) is 0 Å². The third kappa shape index (κ3) is 6.05. The molecule has 3 heterocycles. The van der Waals surface area contributed by atoms with Gasteiger partial charge in [-0.25, -0.2) is 9.67 Å². The van der Waals surface area contributed by atoms with Gasteiger partial charge in [-0.15, -0.1) is 11.3 Å². The Morgan fingerprint density at radius 2 is 1.67 bits per heavy atom. The summed E-state index contributed by atoms with van der Waals surface area (Å²) in [5, 5.41) is 5.64. The Labute approximate surface area is 270 Å². The first-order chi connectivity index (χ1) is 22.6. The van der Waals surface area contributed by atoms with Crippen molar-refractivity contribution in [3.63, 3.8) is 0 Å². The van der Waals surface area contributed by atoms with Crippen molar-refractivity contribution in [2.24, 2.45) is 0 Å². The summed E-state index contributed by atoms with van der Waals surface area (Å²) in [5.74, 6) is -0.00394. The van der Waals surface area contributed by atoms with Crippen molar-refractivity contribution in [3.8, 4) is 22.7 Å². The number of aromatic nitrogens is 3. The Morgan fingerprint density at radius 1 is 0.913 bits per heavy atom. The molecule has 0 N–H and O–H groups in total. The number of carbonyl (C=O) groups is 2. The zero-order chi connectivity index (χ0) is 31.5. The minimum Gasteiger partial charge on any atom is -0.497 e. The predicted molar refractivity (Wildman–Crippen MR) is 181 cm³/mol. The molecule has 6 aromatic rings. The first kappa shape index (κ1) is 29.2. The normalized spacial score (nSPS) is 12.7. The molecule has 7 rings (SSSR count). The molecule has 0 saturated carbocycles. The number of fused-ring (bicyclic) bond motifs is 2. The summed E-state index contributed by atoms with van der Waals surface area (Å²) in [7, 11) is 1.63. The van der Waals surface area contributed by atoms with Gasteiger partial charge < -0.3 is 14.4 Å². The second kappa shape index (κ2) is 12.8. The predicted octanol–water partition coefficient (Wildman–Crippen LogP) is 7.22. The minimum absolute atomic E-state index is 0.0672. The zero-order valence-corrected chi connectivity index (χ0v) is 25.9. The Bertz CT molecular complexity index is 2030. The lowest BCUT2D eigenvalue weighted by molar-refractivity contribution is -0.146. The van der Waals surface area contributed by atoms with E-state index in [4.69, 9.17) is 19.6 Å². The summed E-state index contributed by atoms with van der Waals surface area (Å²) in [6.07, 6.45) is 4.61. The van der Waals surface area contributed by atoms with Crippen molar-refractivity contribution < 1.29 is 19.1 Å². The fourth-order valence-electron chi connectivity index (χ4n) is 5.59. The molecule has 8 nitrogen and oxygen atoms in total. The number of hydrogen-bond donors (Lipinski definition) is 0. The summed E-state index contributed by atoms with van der Waals surface area (Å²) < 4.78 is 13.8. The maximum absolute atomic E-state index is 13.4. The van der Waals surface area contributed by atoms with E-state index in [1.807, 2.05) is 120 Å². The van der Waals surface area contributed by atoms with Gasteiger partial charge >= 0.3 is 5.97 Å². The van der Waals surface area contributed by atoms with E-state index in [1.165, 1.54) is 11.3 Å². The number of thiazole rings is 1. The topological polar surface area (TPSA) is 86.6 Å².